The molecular weight excluding hydrogens is 446 g/mol. The second kappa shape index (κ2) is 7.51. The number of aliphatic imine (C=N–C) groups is 1. The largest absolute Gasteiger partial charge is 0.416 e. The molecular formula is C17H7F12N. The van der Waals surface area contributed by atoms with Crippen LogP contribution in [0.2, 0.25) is 0 Å². The number of halogens is 12. The van der Waals surface area contributed by atoms with Crippen molar-refractivity contribution in [3.63, 3.8) is 0 Å². The normalized spacial score (nSPS) is 13.9. The third-order valence-electron chi connectivity index (χ3n) is 3.55. The highest BCUT2D eigenvalue weighted by atomic mass is 19.4. The van der Waals surface area contributed by atoms with Gasteiger partial charge in [-0.15, -0.1) is 0 Å². The molecule has 0 spiro atoms. The Morgan fingerprint density at radius 2 is 0.767 bits per heavy atom. The van der Waals surface area contributed by atoms with Crippen LogP contribution < -0.4 is 0 Å². The standard InChI is InChI=1S/C17H7F12N/c18-14(19,20)9-1-8(2-10(3-9)15(21,22)23)7-30-13-5-11(16(24,25)26)4-12(6-13)17(27,28)29/h1-7H. The van der Waals surface area contributed by atoms with Crippen LogP contribution in [0.4, 0.5) is 58.4 Å². The molecule has 0 unspecified atom stereocenters. The third kappa shape index (κ3) is 5.89. The van der Waals surface area contributed by atoms with E-state index in [9.17, 15) is 52.7 Å². The van der Waals surface area contributed by atoms with Crippen molar-refractivity contribution in [2.24, 2.45) is 4.99 Å². The van der Waals surface area contributed by atoms with Gasteiger partial charge in [-0.1, -0.05) is 0 Å². The minimum Gasteiger partial charge on any atom is -0.256 e. The smallest absolute Gasteiger partial charge is 0.256 e. The summed E-state index contributed by atoms with van der Waals surface area (Å²) >= 11 is 0. The third-order valence-corrected chi connectivity index (χ3v) is 3.55. The summed E-state index contributed by atoms with van der Waals surface area (Å²) in [6, 6.07) is 0.385. The lowest BCUT2D eigenvalue weighted by Crippen LogP contribution is -2.11. The summed E-state index contributed by atoms with van der Waals surface area (Å²) in [4.78, 5) is 3.21. The summed E-state index contributed by atoms with van der Waals surface area (Å²) in [7, 11) is 0. The van der Waals surface area contributed by atoms with E-state index in [4.69, 9.17) is 0 Å². The molecule has 0 N–H and O–H groups in total. The Labute approximate surface area is 159 Å². The number of rotatable bonds is 2. The van der Waals surface area contributed by atoms with Gasteiger partial charge in [-0.05, 0) is 42.0 Å². The Morgan fingerprint density at radius 3 is 1.07 bits per heavy atom. The molecule has 0 fully saturated rings. The van der Waals surface area contributed by atoms with Crippen molar-refractivity contribution in [3.8, 4) is 0 Å². The van der Waals surface area contributed by atoms with Gasteiger partial charge in [0.1, 0.15) is 0 Å². The van der Waals surface area contributed by atoms with E-state index in [2.05, 4.69) is 4.99 Å². The summed E-state index contributed by atoms with van der Waals surface area (Å²) in [5.41, 5.74) is -8.74. The summed E-state index contributed by atoms with van der Waals surface area (Å²) in [6.45, 7) is 0. The van der Waals surface area contributed by atoms with Gasteiger partial charge in [-0.2, -0.15) is 52.7 Å². The van der Waals surface area contributed by atoms with Crippen LogP contribution in [0.15, 0.2) is 41.4 Å². The van der Waals surface area contributed by atoms with Gasteiger partial charge in [-0.3, -0.25) is 4.99 Å². The Kier molecular flexibility index (Phi) is 5.89. The average Bonchev–Trinajstić information content (AvgIpc) is 2.56. The number of benzene rings is 2. The van der Waals surface area contributed by atoms with Gasteiger partial charge in [-0.25, -0.2) is 0 Å². The second-order valence-electron chi connectivity index (χ2n) is 5.86. The first-order chi connectivity index (χ1) is 13.4. The first-order valence-electron chi connectivity index (χ1n) is 7.50. The Bertz CT molecular complexity index is 803. The molecule has 0 amide bonds. The first kappa shape index (κ1) is 23.5. The van der Waals surface area contributed by atoms with Crippen molar-refractivity contribution in [1.82, 2.24) is 0 Å². The molecule has 0 aromatic heterocycles. The number of alkyl halides is 12. The predicted molar refractivity (Wildman–Crippen MR) is 80.1 cm³/mol. The maximum Gasteiger partial charge on any atom is 0.416 e. The molecule has 30 heavy (non-hydrogen) atoms. The topological polar surface area (TPSA) is 12.4 Å². The van der Waals surface area contributed by atoms with Crippen LogP contribution in [0.5, 0.6) is 0 Å². The van der Waals surface area contributed by atoms with E-state index in [-0.39, 0.29) is 36.4 Å². The fourth-order valence-corrected chi connectivity index (χ4v) is 2.22. The van der Waals surface area contributed by atoms with Crippen molar-refractivity contribution in [2.45, 2.75) is 24.7 Å². The van der Waals surface area contributed by atoms with E-state index >= 15 is 0 Å². The summed E-state index contributed by atoms with van der Waals surface area (Å²) in [5.74, 6) is 0. The molecule has 1 nitrogen and oxygen atoms in total. The van der Waals surface area contributed by atoms with Gasteiger partial charge in [0.15, 0.2) is 0 Å². The van der Waals surface area contributed by atoms with Crippen molar-refractivity contribution in [3.05, 3.63) is 64.2 Å². The minimum absolute atomic E-state index is 0.171. The van der Waals surface area contributed by atoms with Gasteiger partial charge in [0.05, 0.1) is 27.9 Å². The molecule has 13 heteroatoms. The van der Waals surface area contributed by atoms with Crippen molar-refractivity contribution in [1.29, 1.82) is 0 Å². The molecule has 0 aliphatic heterocycles. The molecule has 0 atom stereocenters. The van der Waals surface area contributed by atoms with Crippen LogP contribution >= 0.6 is 0 Å². The van der Waals surface area contributed by atoms with Gasteiger partial charge in [0.25, 0.3) is 0 Å². The van der Waals surface area contributed by atoms with Crippen molar-refractivity contribution in [2.75, 3.05) is 0 Å². The lowest BCUT2D eigenvalue weighted by molar-refractivity contribution is -0.144. The maximum absolute atomic E-state index is 12.8. The van der Waals surface area contributed by atoms with E-state index in [1.165, 1.54) is 0 Å². The van der Waals surface area contributed by atoms with Gasteiger partial charge < -0.3 is 0 Å². The number of hydrogen-bond acceptors (Lipinski definition) is 1. The molecule has 0 saturated heterocycles. The van der Waals surface area contributed by atoms with Gasteiger partial charge >= 0.3 is 24.7 Å². The Hall–Kier alpha value is -2.73. The van der Waals surface area contributed by atoms with Gasteiger partial charge in [0.2, 0.25) is 0 Å². The molecule has 2 aromatic carbocycles. The predicted octanol–water partition coefficient (Wildman–Crippen LogP) is 7.51. The van der Waals surface area contributed by atoms with Crippen LogP contribution in [-0.4, -0.2) is 6.21 Å². The van der Waals surface area contributed by atoms with Crippen LogP contribution in [0, 0.1) is 0 Å². The highest BCUT2D eigenvalue weighted by molar-refractivity contribution is 5.82. The molecule has 0 bridgehead atoms. The van der Waals surface area contributed by atoms with Crippen LogP contribution in [-0.2, 0) is 24.7 Å². The summed E-state index contributed by atoms with van der Waals surface area (Å²) in [6.07, 6.45) is -20.5. The van der Waals surface area contributed by atoms with Crippen molar-refractivity contribution < 1.29 is 52.7 Å². The fourth-order valence-electron chi connectivity index (χ4n) is 2.22. The van der Waals surface area contributed by atoms with Gasteiger partial charge in [0, 0.05) is 6.21 Å². The van der Waals surface area contributed by atoms with E-state index in [1.807, 2.05) is 0 Å². The van der Waals surface area contributed by atoms with E-state index in [1.54, 1.807) is 0 Å². The van der Waals surface area contributed by atoms with E-state index in [0.29, 0.717) is 6.21 Å². The van der Waals surface area contributed by atoms with Crippen LogP contribution in [0.1, 0.15) is 27.8 Å². The molecule has 0 radical (unpaired) electrons. The molecule has 2 rings (SSSR count). The molecule has 0 aliphatic rings. The summed E-state index contributed by atoms with van der Waals surface area (Å²) in [5, 5.41) is 0. The number of nitrogens with zero attached hydrogens (tertiary/aromatic N) is 1. The molecule has 0 heterocycles. The molecule has 0 saturated carbocycles. The Balaban J connectivity index is 2.58. The quantitative estimate of drug-likeness (QED) is 0.330. The zero-order valence-electron chi connectivity index (χ0n) is 14.0. The van der Waals surface area contributed by atoms with Crippen molar-refractivity contribution >= 4 is 11.9 Å². The Morgan fingerprint density at radius 1 is 0.467 bits per heavy atom. The van der Waals surface area contributed by atoms with Crippen LogP contribution in [0.3, 0.4) is 0 Å². The lowest BCUT2D eigenvalue weighted by Gasteiger charge is -2.13. The average molecular weight is 453 g/mol. The highest BCUT2D eigenvalue weighted by Crippen LogP contribution is 2.39. The summed E-state index contributed by atoms with van der Waals surface area (Å²) < 4.78 is 154. The SMILES string of the molecule is FC(F)(F)c1cc(C=Nc2cc(C(F)(F)F)cc(C(F)(F)F)c2)cc(C(F)(F)F)c1. The zero-order chi connectivity index (χ0) is 23.1. The zero-order valence-corrected chi connectivity index (χ0v) is 14.0. The van der Waals surface area contributed by atoms with E-state index in [0.717, 1.165) is 0 Å². The van der Waals surface area contributed by atoms with Crippen LogP contribution in [0.25, 0.3) is 0 Å². The first-order valence-corrected chi connectivity index (χ1v) is 7.50. The number of hydrogen-bond donors (Lipinski definition) is 0. The molecule has 0 aliphatic carbocycles. The second-order valence-corrected chi connectivity index (χ2v) is 5.86. The van der Waals surface area contributed by atoms with E-state index < -0.39 is 58.2 Å². The molecule has 2 aromatic rings. The molecule has 164 valence electrons. The highest BCUT2D eigenvalue weighted by Gasteiger charge is 2.38. The monoisotopic (exact) mass is 453 g/mol. The maximum atomic E-state index is 12.8. The minimum atomic E-state index is -5.20. The lowest BCUT2D eigenvalue weighted by atomic mass is 10.1. The fraction of sp³-hybridized carbons (Fsp3) is 0.235.